The largest absolute Gasteiger partial charge is 0.379 e. The Kier molecular flexibility index (Phi) is 6.60. The SMILES string of the molecule is CC(=O)N1CCN(CC(=O)Nc2ccc(CN3CCOCC3)cc2)CC1. The number of nitrogens with zero attached hydrogens (tertiary/aromatic N) is 3. The number of nitrogens with one attached hydrogen (secondary N) is 1. The molecule has 0 aliphatic carbocycles. The topological polar surface area (TPSA) is 65.1 Å². The number of morpholine rings is 1. The van der Waals surface area contributed by atoms with E-state index in [2.05, 4.69) is 27.2 Å². The predicted molar refractivity (Wildman–Crippen MR) is 99.9 cm³/mol. The minimum Gasteiger partial charge on any atom is -0.379 e. The Morgan fingerprint density at radius 3 is 2.23 bits per heavy atom. The Hall–Kier alpha value is -1.96. The molecule has 7 heteroatoms. The Balaban J connectivity index is 1.42. The second-order valence-corrected chi connectivity index (χ2v) is 6.92. The van der Waals surface area contributed by atoms with Crippen LogP contribution in [-0.4, -0.2) is 85.5 Å². The zero-order chi connectivity index (χ0) is 18.4. The lowest BCUT2D eigenvalue weighted by Gasteiger charge is -2.33. The first-order valence-electron chi connectivity index (χ1n) is 9.27. The summed E-state index contributed by atoms with van der Waals surface area (Å²) in [7, 11) is 0. The molecular formula is C19H28N4O3. The van der Waals surface area contributed by atoms with Gasteiger partial charge >= 0.3 is 0 Å². The van der Waals surface area contributed by atoms with E-state index in [4.69, 9.17) is 4.74 Å². The molecule has 1 N–H and O–H groups in total. The standard InChI is InChI=1S/C19H28N4O3/c1-16(24)23-8-6-21(7-9-23)15-19(25)20-18-4-2-17(3-5-18)14-22-10-12-26-13-11-22/h2-5H,6-15H2,1H3,(H,20,25). The molecule has 7 nitrogen and oxygen atoms in total. The van der Waals surface area contributed by atoms with Gasteiger partial charge in [-0.3, -0.25) is 19.4 Å². The summed E-state index contributed by atoms with van der Waals surface area (Å²) < 4.78 is 5.37. The molecule has 0 atom stereocenters. The van der Waals surface area contributed by atoms with Crippen LogP contribution in [0.15, 0.2) is 24.3 Å². The van der Waals surface area contributed by atoms with Crippen LogP contribution in [0.4, 0.5) is 5.69 Å². The van der Waals surface area contributed by atoms with Crippen molar-refractivity contribution in [2.45, 2.75) is 13.5 Å². The Labute approximate surface area is 154 Å². The van der Waals surface area contributed by atoms with Crippen molar-refractivity contribution in [3.8, 4) is 0 Å². The Morgan fingerprint density at radius 1 is 0.962 bits per heavy atom. The fraction of sp³-hybridized carbons (Fsp3) is 0.579. The minimum absolute atomic E-state index is 0.0118. The molecule has 26 heavy (non-hydrogen) atoms. The van der Waals surface area contributed by atoms with Crippen LogP contribution in [0.1, 0.15) is 12.5 Å². The summed E-state index contributed by atoms with van der Waals surface area (Å²) in [4.78, 5) is 29.9. The van der Waals surface area contributed by atoms with Crippen molar-refractivity contribution in [2.24, 2.45) is 0 Å². The molecule has 2 heterocycles. The molecular weight excluding hydrogens is 332 g/mol. The normalized spacial score (nSPS) is 19.3. The number of ether oxygens (including phenoxy) is 1. The molecule has 2 saturated heterocycles. The summed E-state index contributed by atoms with van der Waals surface area (Å²) in [5.41, 5.74) is 2.06. The van der Waals surface area contributed by atoms with Crippen LogP contribution in [0.25, 0.3) is 0 Å². The second-order valence-electron chi connectivity index (χ2n) is 6.92. The van der Waals surface area contributed by atoms with Crippen molar-refractivity contribution in [2.75, 3.05) is 64.3 Å². The lowest BCUT2D eigenvalue weighted by molar-refractivity contribution is -0.130. The number of carbonyl (C=O) groups is 2. The van der Waals surface area contributed by atoms with Gasteiger partial charge in [-0.1, -0.05) is 12.1 Å². The third kappa shape index (κ3) is 5.52. The van der Waals surface area contributed by atoms with Crippen LogP contribution in [-0.2, 0) is 20.9 Å². The van der Waals surface area contributed by atoms with Crippen LogP contribution in [0.5, 0.6) is 0 Å². The maximum Gasteiger partial charge on any atom is 0.238 e. The van der Waals surface area contributed by atoms with Gasteiger partial charge in [0.25, 0.3) is 0 Å². The average Bonchev–Trinajstić information content (AvgIpc) is 2.64. The zero-order valence-electron chi connectivity index (χ0n) is 15.4. The van der Waals surface area contributed by atoms with Gasteiger partial charge in [-0.25, -0.2) is 0 Å². The van der Waals surface area contributed by atoms with Gasteiger partial charge in [-0.15, -0.1) is 0 Å². The maximum atomic E-state index is 12.2. The summed E-state index contributed by atoms with van der Waals surface area (Å²) >= 11 is 0. The molecule has 0 spiro atoms. The van der Waals surface area contributed by atoms with Gasteiger partial charge in [0.1, 0.15) is 0 Å². The van der Waals surface area contributed by atoms with Crippen LogP contribution in [0, 0.1) is 0 Å². The smallest absolute Gasteiger partial charge is 0.238 e. The molecule has 1 aromatic carbocycles. The van der Waals surface area contributed by atoms with E-state index in [9.17, 15) is 9.59 Å². The van der Waals surface area contributed by atoms with Crippen molar-refractivity contribution in [3.63, 3.8) is 0 Å². The molecule has 0 aromatic heterocycles. The van der Waals surface area contributed by atoms with Gasteiger partial charge in [0, 0.05) is 58.4 Å². The van der Waals surface area contributed by atoms with E-state index in [0.717, 1.165) is 51.6 Å². The number of benzene rings is 1. The van der Waals surface area contributed by atoms with Crippen LogP contribution >= 0.6 is 0 Å². The lowest BCUT2D eigenvalue weighted by atomic mass is 10.2. The first kappa shape index (κ1) is 18.8. The maximum absolute atomic E-state index is 12.2. The third-order valence-electron chi connectivity index (χ3n) is 4.93. The number of rotatable bonds is 5. The Morgan fingerprint density at radius 2 is 1.62 bits per heavy atom. The van der Waals surface area contributed by atoms with E-state index in [-0.39, 0.29) is 11.8 Å². The van der Waals surface area contributed by atoms with Crippen LogP contribution in [0.2, 0.25) is 0 Å². The fourth-order valence-electron chi connectivity index (χ4n) is 3.34. The van der Waals surface area contributed by atoms with E-state index in [1.165, 1.54) is 5.56 Å². The first-order chi connectivity index (χ1) is 12.6. The highest BCUT2D eigenvalue weighted by Gasteiger charge is 2.20. The van der Waals surface area contributed by atoms with Gasteiger partial charge in [-0.05, 0) is 17.7 Å². The number of hydrogen-bond donors (Lipinski definition) is 1. The molecule has 0 unspecified atom stereocenters. The number of anilines is 1. The molecule has 0 radical (unpaired) electrons. The van der Waals surface area contributed by atoms with Crippen molar-refractivity contribution in [3.05, 3.63) is 29.8 Å². The molecule has 2 aliphatic rings. The molecule has 2 aliphatic heterocycles. The molecule has 142 valence electrons. The highest BCUT2D eigenvalue weighted by atomic mass is 16.5. The summed E-state index contributed by atoms with van der Waals surface area (Å²) in [6.07, 6.45) is 0. The molecule has 1 aromatic rings. The number of piperazine rings is 1. The van der Waals surface area contributed by atoms with Gasteiger partial charge in [-0.2, -0.15) is 0 Å². The van der Waals surface area contributed by atoms with Gasteiger partial charge in [0.2, 0.25) is 11.8 Å². The number of amides is 2. The molecule has 0 saturated carbocycles. The van der Waals surface area contributed by atoms with Gasteiger partial charge in [0.15, 0.2) is 0 Å². The molecule has 0 bridgehead atoms. The predicted octanol–water partition coefficient (Wildman–Crippen LogP) is 0.621. The van der Waals surface area contributed by atoms with E-state index >= 15 is 0 Å². The van der Waals surface area contributed by atoms with E-state index in [0.29, 0.717) is 19.6 Å². The Bertz CT molecular complexity index is 606. The quantitative estimate of drug-likeness (QED) is 0.834. The first-order valence-corrected chi connectivity index (χ1v) is 9.27. The summed E-state index contributed by atoms with van der Waals surface area (Å²) in [5, 5.41) is 2.96. The van der Waals surface area contributed by atoms with Crippen LogP contribution in [0.3, 0.4) is 0 Å². The molecule has 2 amide bonds. The van der Waals surface area contributed by atoms with E-state index in [1.807, 2.05) is 17.0 Å². The monoisotopic (exact) mass is 360 g/mol. The van der Waals surface area contributed by atoms with Crippen molar-refractivity contribution in [1.82, 2.24) is 14.7 Å². The molecule has 2 fully saturated rings. The fourth-order valence-corrected chi connectivity index (χ4v) is 3.34. The summed E-state index contributed by atoms with van der Waals surface area (Å²) in [6.45, 7) is 9.27. The van der Waals surface area contributed by atoms with Crippen molar-refractivity contribution >= 4 is 17.5 Å². The zero-order valence-corrected chi connectivity index (χ0v) is 15.4. The van der Waals surface area contributed by atoms with Gasteiger partial charge < -0.3 is 15.0 Å². The van der Waals surface area contributed by atoms with E-state index in [1.54, 1.807) is 6.92 Å². The van der Waals surface area contributed by atoms with Crippen LogP contribution < -0.4 is 5.32 Å². The van der Waals surface area contributed by atoms with Gasteiger partial charge in [0.05, 0.1) is 19.8 Å². The lowest BCUT2D eigenvalue weighted by Crippen LogP contribution is -2.49. The average molecular weight is 360 g/mol. The highest BCUT2D eigenvalue weighted by Crippen LogP contribution is 2.13. The number of hydrogen-bond acceptors (Lipinski definition) is 5. The highest BCUT2D eigenvalue weighted by molar-refractivity contribution is 5.92. The minimum atomic E-state index is -0.0118. The van der Waals surface area contributed by atoms with E-state index < -0.39 is 0 Å². The second kappa shape index (κ2) is 9.12. The molecule has 3 rings (SSSR count). The number of carbonyl (C=O) groups excluding carboxylic acids is 2. The van der Waals surface area contributed by atoms with Crippen molar-refractivity contribution in [1.29, 1.82) is 0 Å². The summed E-state index contributed by atoms with van der Waals surface area (Å²) in [5.74, 6) is 0.0912. The summed E-state index contributed by atoms with van der Waals surface area (Å²) in [6, 6.07) is 8.05. The third-order valence-corrected chi connectivity index (χ3v) is 4.93. The van der Waals surface area contributed by atoms with Crippen molar-refractivity contribution < 1.29 is 14.3 Å².